The molecular formula is C11H8Cl2N2O. The highest BCUT2D eigenvalue weighted by Gasteiger charge is 2.14. The quantitative estimate of drug-likeness (QED) is 0.773. The highest BCUT2D eigenvalue weighted by atomic mass is 35.5. The molecule has 0 saturated carbocycles. The maximum absolute atomic E-state index is 12.0. The van der Waals surface area contributed by atoms with E-state index in [-0.39, 0.29) is 5.78 Å². The summed E-state index contributed by atoms with van der Waals surface area (Å²) in [5.41, 5.74) is 0.883. The lowest BCUT2D eigenvalue weighted by atomic mass is 10.1. The van der Waals surface area contributed by atoms with Gasteiger partial charge < -0.3 is 0 Å². The molecule has 2 rings (SSSR count). The Morgan fingerprint density at radius 3 is 2.75 bits per heavy atom. The van der Waals surface area contributed by atoms with Crippen molar-refractivity contribution in [1.82, 2.24) is 9.78 Å². The van der Waals surface area contributed by atoms with E-state index in [0.29, 0.717) is 21.2 Å². The van der Waals surface area contributed by atoms with Crippen molar-refractivity contribution in [3.05, 3.63) is 51.8 Å². The third-order valence-electron chi connectivity index (χ3n) is 2.14. The van der Waals surface area contributed by atoms with Gasteiger partial charge in [0.15, 0.2) is 5.78 Å². The van der Waals surface area contributed by atoms with Crippen molar-refractivity contribution < 1.29 is 4.79 Å². The first kappa shape index (κ1) is 11.2. The number of halogens is 2. The molecule has 1 heterocycles. The van der Waals surface area contributed by atoms with Crippen LogP contribution in [0.4, 0.5) is 0 Å². The molecule has 0 aliphatic rings. The summed E-state index contributed by atoms with van der Waals surface area (Å²) in [5, 5.41) is 4.81. The van der Waals surface area contributed by atoms with Crippen LogP contribution < -0.4 is 0 Å². The van der Waals surface area contributed by atoms with Crippen LogP contribution in [0.3, 0.4) is 0 Å². The third kappa shape index (κ3) is 2.10. The van der Waals surface area contributed by atoms with Crippen LogP contribution in [0.25, 0.3) is 0 Å². The van der Waals surface area contributed by atoms with Gasteiger partial charge in [-0.15, -0.1) is 0 Å². The molecule has 5 heteroatoms. The van der Waals surface area contributed by atoms with Gasteiger partial charge in [-0.05, 0) is 18.2 Å². The SMILES string of the molecule is Cn1cc(C(=O)c2cc(Cl)ccc2Cl)cn1. The number of ketones is 1. The van der Waals surface area contributed by atoms with Crippen LogP contribution in [-0.2, 0) is 7.05 Å². The number of aryl methyl sites for hydroxylation is 1. The molecule has 0 aliphatic carbocycles. The maximum atomic E-state index is 12.0. The van der Waals surface area contributed by atoms with Gasteiger partial charge >= 0.3 is 0 Å². The number of aromatic nitrogens is 2. The van der Waals surface area contributed by atoms with E-state index in [1.165, 1.54) is 6.20 Å². The van der Waals surface area contributed by atoms with E-state index in [2.05, 4.69) is 5.10 Å². The number of carbonyl (C=O) groups is 1. The predicted octanol–water partition coefficient (Wildman–Crippen LogP) is 2.96. The molecule has 0 N–H and O–H groups in total. The molecule has 1 aromatic carbocycles. The van der Waals surface area contributed by atoms with Gasteiger partial charge in [-0.2, -0.15) is 5.10 Å². The van der Waals surface area contributed by atoms with E-state index < -0.39 is 0 Å². The Hall–Kier alpha value is -1.32. The Morgan fingerprint density at radius 1 is 1.38 bits per heavy atom. The van der Waals surface area contributed by atoms with Crippen LogP contribution in [-0.4, -0.2) is 15.6 Å². The lowest BCUT2D eigenvalue weighted by Crippen LogP contribution is -2.00. The molecule has 0 atom stereocenters. The van der Waals surface area contributed by atoms with Gasteiger partial charge in [-0.25, -0.2) is 0 Å². The minimum atomic E-state index is -0.180. The Bertz CT molecular complexity index is 549. The second kappa shape index (κ2) is 4.28. The first-order valence-electron chi connectivity index (χ1n) is 4.56. The van der Waals surface area contributed by atoms with Gasteiger partial charge in [0.1, 0.15) is 0 Å². The molecule has 0 aliphatic heterocycles. The monoisotopic (exact) mass is 254 g/mol. The lowest BCUT2D eigenvalue weighted by molar-refractivity contribution is 0.103. The first-order valence-corrected chi connectivity index (χ1v) is 5.32. The molecule has 0 unspecified atom stereocenters. The molecular weight excluding hydrogens is 247 g/mol. The number of rotatable bonds is 2. The van der Waals surface area contributed by atoms with Gasteiger partial charge in [0.2, 0.25) is 0 Å². The molecule has 2 aromatic rings. The summed E-state index contributed by atoms with van der Waals surface area (Å²) in [4.78, 5) is 12.0. The average molecular weight is 255 g/mol. The molecule has 16 heavy (non-hydrogen) atoms. The molecule has 0 saturated heterocycles. The summed E-state index contributed by atoms with van der Waals surface area (Å²) in [5.74, 6) is -0.180. The molecule has 0 bridgehead atoms. The standard InChI is InChI=1S/C11H8Cl2N2O/c1-15-6-7(5-14-15)11(16)9-4-8(12)2-3-10(9)13/h2-6H,1H3. The average Bonchev–Trinajstić information content (AvgIpc) is 2.67. The zero-order valence-corrected chi connectivity index (χ0v) is 9.96. The van der Waals surface area contributed by atoms with Gasteiger partial charge in [0.25, 0.3) is 0 Å². The molecule has 0 amide bonds. The fraction of sp³-hybridized carbons (Fsp3) is 0.0909. The second-order valence-electron chi connectivity index (χ2n) is 3.36. The van der Waals surface area contributed by atoms with Crippen LogP contribution in [0.2, 0.25) is 10.0 Å². The van der Waals surface area contributed by atoms with Crippen LogP contribution in [0.5, 0.6) is 0 Å². The lowest BCUT2D eigenvalue weighted by Gasteiger charge is -2.01. The molecule has 0 spiro atoms. The zero-order chi connectivity index (χ0) is 11.7. The van der Waals surface area contributed by atoms with E-state index >= 15 is 0 Å². The van der Waals surface area contributed by atoms with E-state index in [1.807, 2.05) is 0 Å². The van der Waals surface area contributed by atoms with Gasteiger partial charge in [-0.3, -0.25) is 9.48 Å². The topological polar surface area (TPSA) is 34.9 Å². The van der Waals surface area contributed by atoms with E-state index in [0.717, 1.165) is 0 Å². The van der Waals surface area contributed by atoms with Crippen LogP contribution >= 0.6 is 23.2 Å². The zero-order valence-electron chi connectivity index (χ0n) is 8.45. The number of hydrogen-bond acceptors (Lipinski definition) is 2. The van der Waals surface area contributed by atoms with Crippen molar-refractivity contribution in [2.24, 2.45) is 7.05 Å². The minimum Gasteiger partial charge on any atom is -0.288 e. The summed E-state index contributed by atoms with van der Waals surface area (Å²) in [6.45, 7) is 0. The minimum absolute atomic E-state index is 0.180. The molecule has 82 valence electrons. The van der Waals surface area contributed by atoms with Crippen LogP contribution in [0.1, 0.15) is 15.9 Å². The number of carbonyl (C=O) groups excluding carboxylic acids is 1. The Balaban J connectivity index is 2.45. The Morgan fingerprint density at radius 2 is 2.12 bits per heavy atom. The molecule has 3 nitrogen and oxygen atoms in total. The van der Waals surface area contributed by atoms with Gasteiger partial charge in [0, 0.05) is 23.8 Å². The summed E-state index contributed by atoms with van der Waals surface area (Å²) >= 11 is 11.8. The first-order chi connectivity index (χ1) is 7.58. The normalized spacial score (nSPS) is 10.4. The number of benzene rings is 1. The van der Waals surface area contributed by atoms with Gasteiger partial charge in [-0.1, -0.05) is 23.2 Å². The predicted molar refractivity (Wildman–Crippen MR) is 63.1 cm³/mol. The highest BCUT2D eigenvalue weighted by Crippen LogP contribution is 2.23. The fourth-order valence-corrected chi connectivity index (χ4v) is 1.74. The Kier molecular flexibility index (Phi) is 2.99. The van der Waals surface area contributed by atoms with E-state index in [1.54, 1.807) is 36.1 Å². The smallest absolute Gasteiger partial charge is 0.197 e. The van der Waals surface area contributed by atoms with Crippen molar-refractivity contribution >= 4 is 29.0 Å². The van der Waals surface area contributed by atoms with E-state index in [4.69, 9.17) is 23.2 Å². The molecule has 0 fully saturated rings. The van der Waals surface area contributed by atoms with Crippen molar-refractivity contribution in [3.63, 3.8) is 0 Å². The number of hydrogen-bond donors (Lipinski definition) is 0. The largest absolute Gasteiger partial charge is 0.288 e. The summed E-state index contributed by atoms with van der Waals surface area (Å²) < 4.78 is 1.56. The molecule has 1 aromatic heterocycles. The van der Waals surface area contributed by atoms with E-state index in [9.17, 15) is 4.79 Å². The highest BCUT2D eigenvalue weighted by molar-refractivity contribution is 6.36. The van der Waals surface area contributed by atoms with Crippen LogP contribution in [0, 0.1) is 0 Å². The second-order valence-corrected chi connectivity index (χ2v) is 4.20. The third-order valence-corrected chi connectivity index (χ3v) is 2.70. The van der Waals surface area contributed by atoms with Crippen molar-refractivity contribution in [1.29, 1.82) is 0 Å². The molecule has 0 radical (unpaired) electrons. The summed E-state index contributed by atoms with van der Waals surface area (Å²) in [7, 11) is 1.75. The fourth-order valence-electron chi connectivity index (χ4n) is 1.37. The van der Waals surface area contributed by atoms with Crippen molar-refractivity contribution in [2.45, 2.75) is 0 Å². The Labute approximate surface area is 103 Å². The summed E-state index contributed by atoms with van der Waals surface area (Å²) in [6.07, 6.45) is 3.14. The van der Waals surface area contributed by atoms with Crippen molar-refractivity contribution in [3.8, 4) is 0 Å². The van der Waals surface area contributed by atoms with Crippen LogP contribution in [0.15, 0.2) is 30.6 Å². The maximum Gasteiger partial charge on any atom is 0.197 e. The summed E-state index contributed by atoms with van der Waals surface area (Å²) in [6, 6.07) is 4.80. The number of nitrogens with zero attached hydrogens (tertiary/aromatic N) is 2. The van der Waals surface area contributed by atoms with Crippen molar-refractivity contribution in [2.75, 3.05) is 0 Å². The van der Waals surface area contributed by atoms with Gasteiger partial charge in [0.05, 0.1) is 16.8 Å².